The van der Waals surface area contributed by atoms with Crippen LogP contribution in [0, 0.1) is 0 Å². The standard InChI is InChI=1S/C14H30N2O2/c1-12(2)17-9-5-6-15-7-8-16-10-14(4)18-11-13(16)3/h12-15H,5-11H2,1-4H3. The molecule has 1 N–H and O–H groups in total. The Labute approximate surface area is 112 Å². The van der Waals surface area contributed by atoms with Crippen LogP contribution in [0.2, 0.25) is 0 Å². The van der Waals surface area contributed by atoms with Crippen molar-refractivity contribution >= 4 is 0 Å². The molecule has 2 unspecified atom stereocenters. The molecule has 108 valence electrons. The van der Waals surface area contributed by atoms with E-state index in [9.17, 15) is 0 Å². The van der Waals surface area contributed by atoms with E-state index in [0.29, 0.717) is 18.2 Å². The topological polar surface area (TPSA) is 33.7 Å². The van der Waals surface area contributed by atoms with Crippen molar-refractivity contribution < 1.29 is 9.47 Å². The Balaban J connectivity index is 1.96. The second-order valence-corrected chi connectivity index (χ2v) is 5.51. The average Bonchev–Trinajstić information content (AvgIpc) is 2.32. The molecule has 0 saturated carbocycles. The van der Waals surface area contributed by atoms with Crippen molar-refractivity contribution in [1.82, 2.24) is 10.2 Å². The van der Waals surface area contributed by atoms with Gasteiger partial charge in [-0.2, -0.15) is 0 Å². The van der Waals surface area contributed by atoms with Crippen molar-refractivity contribution in [2.75, 3.05) is 39.4 Å². The molecule has 18 heavy (non-hydrogen) atoms. The molecule has 0 aromatic carbocycles. The number of nitrogens with one attached hydrogen (secondary N) is 1. The van der Waals surface area contributed by atoms with Gasteiger partial charge in [-0.3, -0.25) is 4.90 Å². The Hall–Kier alpha value is -0.160. The predicted octanol–water partition coefficient (Wildman–Crippen LogP) is 1.50. The minimum Gasteiger partial charge on any atom is -0.379 e. The Morgan fingerprint density at radius 1 is 1.33 bits per heavy atom. The van der Waals surface area contributed by atoms with Crippen molar-refractivity contribution in [1.29, 1.82) is 0 Å². The molecule has 4 nitrogen and oxygen atoms in total. The van der Waals surface area contributed by atoms with Gasteiger partial charge in [0, 0.05) is 32.3 Å². The molecule has 1 saturated heterocycles. The number of rotatable bonds is 8. The number of hydrogen-bond donors (Lipinski definition) is 1. The van der Waals surface area contributed by atoms with Crippen molar-refractivity contribution in [2.45, 2.75) is 52.4 Å². The zero-order valence-electron chi connectivity index (χ0n) is 12.4. The quantitative estimate of drug-likeness (QED) is 0.669. The van der Waals surface area contributed by atoms with Crippen molar-refractivity contribution in [3.63, 3.8) is 0 Å². The normalized spacial score (nSPS) is 25.8. The van der Waals surface area contributed by atoms with Gasteiger partial charge in [0.2, 0.25) is 0 Å². The highest BCUT2D eigenvalue weighted by Crippen LogP contribution is 2.09. The second kappa shape index (κ2) is 8.86. The van der Waals surface area contributed by atoms with Gasteiger partial charge in [0.1, 0.15) is 0 Å². The lowest BCUT2D eigenvalue weighted by Gasteiger charge is -2.36. The van der Waals surface area contributed by atoms with Crippen LogP contribution in [0.25, 0.3) is 0 Å². The van der Waals surface area contributed by atoms with Gasteiger partial charge in [-0.05, 0) is 40.7 Å². The summed E-state index contributed by atoms with van der Waals surface area (Å²) in [5.74, 6) is 0. The number of nitrogens with zero attached hydrogens (tertiary/aromatic N) is 1. The minimum atomic E-state index is 0.348. The summed E-state index contributed by atoms with van der Waals surface area (Å²) in [6, 6.07) is 0.548. The van der Waals surface area contributed by atoms with Crippen LogP contribution in [0.4, 0.5) is 0 Å². The molecule has 0 aromatic heterocycles. The lowest BCUT2D eigenvalue weighted by Crippen LogP contribution is -2.49. The molecule has 0 aliphatic carbocycles. The molecule has 2 atom stereocenters. The first-order chi connectivity index (χ1) is 8.59. The first-order valence-corrected chi connectivity index (χ1v) is 7.27. The smallest absolute Gasteiger partial charge is 0.0674 e. The summed E-state index contributed by atoms with van der Waals surface area (Å²) in [5, 5.41) is 3.48. The van der Waals surface area contributed by atoms with Crippen molar-refractivity contribution in [3.8, 4) is 0 Å². The van der Waals surface area contributed by atoms with Crippen LogP contribution in [-0.2, 0) is 9.47 Å². The van der Waals surface area contributed by atoms with E-state index < -0.39 is 0 Å². The Morgan fingerprint density at radius 3 is 2.83 bits per heavy atom. The summed E-state index contributed by atoms with van der Waals surface area (Å²) in [5.41, 5.74) is 0. The van der Waals surface area contributed by atoms with Gasteiger partial charge in [0.25, 0.3) is 0 Å². The van der Waals surface area contributed by atoms with Gasteiger partial charge in [-0.25, -0.2) is 0 Å². The maximum Gasteiger partial charge on any atom is 0.0674 e. The van der Waals surface area contributed by atoms with Crippen LogP contribution in [0.5, 0.6) is 0 Å². The third-order valence-electron chi connectivity index (χ3n) is 3.26. The molecule has 0 amide bonds. The van der Waals surface area contributed by atoms with E-state index in [1.54, 1.807) is 0 Å². The molecule has 0 bridgehead atoms. The highest BCUT2D eigenvalue weighted by molar-refractivity contribution is 4.75. The van der Waals surface area contributed by atoms with E-state index in [2.05, 4.69) is 37.9 Å². The number of morpholine rings is 1. The van der Waals surface area contributed by atoms with E-state index in [0.717, 1.165) is 45.8 Å². The third kappa shape index (κ3) is 6.69. The Kier molecular flexibility index (Phi) is 7.82. The van der Waals surface area contributed by atoms with Gasteiger partial charge in [0.15, 0.2) is 0 Å². The SMILES string of the molecule is CC(C)OCCCNCCN1CC(C)OCC1C. The molecule has 4 heteroatoms. The molecule has 0 aromatic rings. The van der Waals surface area contributed by atoms with Crippen LogP contribution in [0.3, 0.4) is 0 Å². The van der Waals surface area contributed by atoms with Crippen LogP contribution in [0.15, 0.2) is 0 Å². The monoisotopic (exact) mass is 258 g/mol. The van der Waals surface area contributed by atoms with Crippen LogP contribution < -0.4 is 5.32 Å². The fraction of sp³-hybridized carbons (Fsp3) is 1.00. The van der Waals surface area contributed by atoms with E-state index >= 15 is 0 Å². The van der Waals surface area contributed by atoms with Crippen molar-refractivity contribution in [2.24, 2.45) is 0 Å². The molecule has 1 aliphatic rings. The summed E-state index contributed by atoms with van der Waals surface area (Å²) in [6.07, 6.45) is 1.81. The van der Waals surface area contributed by atoms with Crippen molar-refractivity contribution in [3.05, 3.63) is 0 Å². The average molecular weight is 258 g/mol. The van der Waals surface area contributed by atoms with Gasteiger partial charge >= 0.3 is 0 Å². The van der Waals surface area contributed by atoms with Crippen LogP contribution in [0.1, 0.15) is 34.1 Å². The van der Waals surface area contributed by atoms with Gasteiger partial charge < -0.3 is 14.8 Å². The number of ether oxygens (including phenoxy) is 2. The van der Waals surface area contributed by atoms with E-state index in [4.69, 9.17) is 9.47 Å². The van der Waals surface area contributed by atoms with Crippen LogP contribution in [-0.4, -0.2) is 62.5 Å². The zero-order valence-corrected chi connectivity index (χ0v) is 12.4. The summed E-state index contributed by atoms with van der Waals surface area (Å²) in [4.78, 5) is 2.51. The summed E-state index contributed by atoms with van der Waals surface area (Å²) in [6.45, 7) is 14.5. The lowest BCUT2D eigenvalue weighted by molar-refractivity contribution is -0.0486. The third-order valence-corrected chi connectivity index (χ3v) is 3.26. The first kappa shape index (κ1) is 15.9. The van der Waals surface area contributed by atoms with Gasteiger partial charge in [-0.15, -0.1) is 0 Å². The molecular formula is C14H30N2O2. The maximum absolute atomic E-state index is 5.62. The maximum atomic E-state index is 5.62. The summed E-state index contributed by atoms with van der Waals surface area (Å²) >= 11 is 0. The Bertz CT molecular complexity index is 212. The van der Waals surface area contributed by atoms with Gasteiger partial charge in [0.05, 0.1) is 18.8 Å². The molecule has 0 radical (unpaired) electrons. The molecular weight excluding hydrogens is 228 g/mol. The highest BCUT2D eigenvalue weighted by atomic mass is 16.5. The fourth-order valence-corrected chi connectivity index (χ4v) is 2.15. The lowest BCUT2D eigenvalue weighted by atomic mass is 10.2. The summed E-state index contributed by atoms with van der Waals surface area (Å²) < 4.78 is 11.1. The fourth-order valence-electron chi connectivity index (χ4n) is 2.15. The molecule has 1 fully saturated rings. The molecule has 0 spiro atoms. The van der Waals surface area contributed by atoms with Gasteiger partial charge in [-0.1, -0.05) is 0 Å². The summed E-state index contributed by atoms with van der Waals surface area (Å²) in [7, 11) is 0. The second-order valence-electron chi connectivity index (χ2n) is 5.51. The first-order valence-electron chi connectivity index (χ1n) is 7.27. The van der Waals surface area contributed by atoms with E-state index in [1.807, 2.05) is 0 Å². The molecule has 1 rings (SSSR count). The van der Waals surface area contributed by atoms with E-state index in [1.165, 1.54) is 0 Å². The molecule has 1 aliphatic heterocycles. The molecule has 1 heterocycles. The van der Waals surface area contributed by atoms with E-state index in [-0.39, 0.29) is 0 Å². The minimum absolute atomic E-state index is 0.348. The zero-order chi connectivity index (χ0) is 13.4. The number of hydrogen-bond acceptors (Lipinski definition) is 4. The largest absolute Gasteiger partial charge is 0.379 e. The Morgan fingerprint density at radius 2 is 2.11 bits per heavy atom. The predicted molar refractivity (Wildman–Crippen MR) is 75.0 cm³/mol. The highest BCUT2D eigenvalue weighted by Gasteiger charge is 2.22. The van der Waals surface area contributed by atoms with Crippen LogP contribution >= 0.6 is 0 Å².